The van der Waals surface area contributed by atoms with Crippen LogP contribution in [0.2, 0.25) is 0 Å². The Balaban J connectivity index is 1.73. The predicted octanol–water partition coefficient (Wildman–Crippen LogP) is 3.83. The van der Waals surface area contributed by atoms with Crippen LogP contribution in [0.15, 0.2) is 54.6 Å². The minimum Gasteiger partial charge on any atom is -0.487 e. The molecule has 0 saturated heterocycles. The first-order valence-corrected chi connectivity index (χ1v) is 8.11. The second kappa shape index (κ2) is 7.65. The van der Waals surface area contributed by atoms with Crippen LogP contribution in [-0.2, 0) is 11.4 Å². The maximum Gasteiger partial charge on any atom is 0.335 e. The second-order valence-corrected chi connectivity index (χ2v) is 5.61. The second-order valence-electron chi connectivity index (χ2n) is 5.61. The number of rotatable bonds is 6. The molecule has 1 aromatic heterocycles. The summed E-state index contributed by atoms with van der Waals surface area (Å²) in [6, 6.07) is 15.2. The van der Waals surface area contributed by atoms with E-state index in [0.717, 1.165) is 10.9 Å². The van der Waals surface area contributed by atoms with Crippen molar-refractivity contribution in [2.24, 2.45) is 0 Å². The fourth-order valence-electron chi connectivity index (χ4n) is 2.37. The third kappa shape index (κ3) is 4.16. The van der Waals surface area contributed by atoms with Crippen LogP contribution in [0.3, 0.4) is 0 Å². The van der Waals surface area contributed by atoms with Crippen LogP contribution in [0.1, 0.15) is 29.4 Å². The van der Waals surface area contributed by atoms with Gasteiger partial charge in [0.15, 0.2) is 0 Å². The molecule has 132 valence electrons. The van der Waals surface area contributed by atoms with Crippen molar-refractivity contribution < 1.29 is 24.2 Å². The Morgan fingerprint density at radius 1 is 1.04 bits per heavy atom. The van der Waals surface area contributed by atoms with Crippen molar-refractivity contribution in [1.82, 2.24) is 4.98 Å². The molecule has 0 unspecified atom stereocenters. The van der Waals surface area contributed by atoms with E-state index in [9.17, 15) is 9.59 Å². The molecule has 0 aliphatic rings. The summed E-state index contributed by atoms with van der Waals surface area (Å²) in [5.74, 6) is -0.334. The molecule has 0 bridgehead atoms. The van der Waals surface area contributed by atoms with Crippen LogP contribution in [0.5, 0.6) is 11.5 Å². The summed E-state index contributed by atoms with van der Waals surface area (Å²) < 4.78 is 10.8. The molecule has 2 aromatic carbocycles. The largest absolute Gasteiger partial charge is 0.487 e. The molecule has 1 heterocycles. The number of pyridine rings is 1. The van der Waals surface area contributed by atoms with E-state index in [1.54, 1.807) is 37.3 Å². The van der Waals surface area contributed by atoms with Gasteiger partial charge in [-0.15, -0.1) is 0 Å². The van der Waals surface area contributed by atoms with Crippen molar-refractivity contribution in [2.45, 2.75) is 20.0 Å². The van der Waals surface area contributed by atoms with Gasteiger partial charge in [-0.2, -0.15) is 0 Å². The summed E-state index contributed by atoms with van der Waals surface area (Å²) in [7, 11) is 0. The number of carboxylic acids is 1. The number of carboxylic acid groups (broad SMARTS) is 1. The van der Waals surface area contributed by atoms with E-state index in [-0.39, 0.29) is 18.1 Å². The van der Waals surface area contributed by atoms with Gasteiger partial charge in [0.05, 0.1) is 16.8 Å². The lowest BCUT2D eigenvalue weighted by Gasteiger charge is -2.08. The standard InChI is InChI=1S/C20H17NO5/c1-2-19(22)26-17-8-9-18-13(10-17)6-7-15(21-18)12-25-16-5-3-4-14(11-16)20(23)24/h3-11H,2,12H2,1H3,(H,23,24). The first-order chi connectivity index (χ1) is 12.5. The van der Waals surface area contributed by atoms with Crippen molar-refractivity contribution in [3.05, 3.63) is 65.9 Å². The molecule has 0 atom stereocenters. The van der Waals surface area contributed by atoms with Crippen LogP contribution in [-0.4, -0.2) is 22.0 Å². The van der Waals surface area contributed by atoms with E-state index in [4.69, 9.17) is 14.6 Å². The molecule has 0 aliphatic heterocycles. The number of nitrogens with zero attached hydrogens (tertiary/aromatic N) is 1. The fraction of sp³-hybridized carbons (Fsp3) is 0.150. The van der Waals surface area contributed by atoms with Crippen molar-refractivity contribution in [3.8, 4) is 11.5 Å². The van der Waals surface area contributed by atoms with Crippen LogP contribution < -0.4 is 9.47 Å². The van der Waals surface area contributed by atoms with Crippen molar-refractivity contribution in [3.63, 3.8) is 0 Å². The highest BCUT2D eigenvalue weighted by Gasteiger charge is 2.06. The van der Waals surface area contributed by atoms with E-state index in [1.807, 2.05) is 12.1 Å². The molecule has 3 aromatic rings. The molecule has 0 amide bonds. The normalized spacial score (nSPS) is 10.5. The molecule has 6 heteroatoms. The molecular formula is C20H17NO5. The lowest BCUT2D eigenvalue weighted by Crippen LogP contribution is -2.05. The van der Waals surface area contributed by atoms with E-state index < -0.39 is 5.97 Å². The highest BCUT2D eigenvalue weighted by Crippen LogP contribution is 2.21. The number of fused-ring (bicyclic) bond motifs is 1. The molecule has 0 fully saturated rings. The zero-order valence-corrected chi connectivity index (χ0v) is 14.1. The fourth-order valence-corrected chi connectivity index (χ4v) is 2.37. The molecule has 1 N–H and O–H groups in total. The number of hydrogen-bond acceptors (Lipinski definition) is 5. The minimum atomic E-state index is -1.00. The Bertz CT molecular complexity index is 967. The molecule has 0 aliphatic carbocycles. The van der Waals surface area contributed by atoms with E-state index in [2.05, 4.69) is 4.98 Å². The maximum atomic E-state index is 11.4. The van der Waals surface area contributed by atoms with Crippen molar-refractivity contribution >= 4 is 22.8 Å². The molecule has 0 spiro atoms. The summed E-state index contributed by atoms with van der Waals surface area (Å²) in [4.78, 5) is 26.9. The lowest BCUT2D eigenvalue weighted by atomic mass is 10.2. The zero-order valence-electron chi connectivity index (χ0n) is 14.1. The molecule has 0 radical (unpaired) electrons. The molecule has 3 rings (SSSR count). The van der Waals surface area contributed by atoms with E-state index in [1.165, 1.54) is 12.1 Å². The minimum absolute atomic E-state index is 0.170. The highest BCUT2D eigenvalue weighted by molar-refractivity contribution is 5.88. The number of carbonyl (C=O) groups is 2. The first kappa shape index (κ1) is 17.4. The van der Waals surface area contributed by atoms with E-state index >= 15 is 0 Å². The van der Waals surface area contributed by atoms with Gasteiger partial charge in [-0.25, -0.2) is 9.78 Å². The van der Waals surface area contributed by atoms with Crippen molar-refractivity contribution in [1.29, 1.82) is 0 Å². The van der Waals surface area contributed by atoms with Crippen LogP contribution in [0.4, 0.5) is 0 Å². The number of benzene rings is 2. The molecule has 6 nitrogen and oxygen atoms in total. The van der Waals surface area contributed by atoms with Crippen LogP contribution in [0, 0.1) is 0 Å². The van der Waals surface area contributed by atoms with Gasteiger partial charge in [-0.1, -0.05) is 19.1 Å². The Morgan fingerprint density at radius 3 is 2.65 bits per heavy atom. The van der Waals surface area contributed by atoms with Gasteiger partial charge in [-0.05, 0) is 42.5 Å². The van der Waals surface area contributed by atoms with Crippen LogP contribution >= 0.6 is 0 Å². The monoisotopic (exact) mass is 351 g/mol. The lowest BCUT2D eigenvalue weighted by molar-refractivity contribution is -0.134. The Kier molecular flexibility index (Phi) is 5.12. The average Bonchev–Trinajstić information content (AvgIpc) is 2.66. The number of esters is 1. The molecule has 26 heavy (non-hydrogen) atoms. The predicted molar refractivity (Wildman–Crippen MR) is 95.4 cm³/mol. The van der Waals surface area contributed by atoms with Gasteiger partial charge in [0.2, 0.25) is 0 Å². The van der Waals surface area contributed by atoms with Gasteiger partial charge >= 0.3 is 11.9 Å². The summed E-state index contributed by atoms with van der Waals surface area (Å²) >= 11 is 0. The average molecular weight is 351 g/mol. The summed E-state index contributed by atoms with van der Waals surface area (Å²) in [5.41, 5.74) is 1.63. The van der Waals surface area contributed by atoms with Gasteiger partial charge in [0.1, 0.15) is 18.1 Å². The summed E-state index contributed by atoms with van der Waals surface area (Å²) in [5, 5.41) is 9.86. The van der Waals surface area contributed by atoms with Gasteiger partial charge < -0.3 is 14.6 Å². The zero-order chi connectivity index (χ0) is 18.5. The number of aromatic nitrogens is 1. The Labute approximate surface area is 150 Å². The number of ether oxygens (including phenoxy) is 2. The molecular weight excluding hydrogens is 334 g/mol. The number of aromatic carboxylic acids is 1. The van der Waals surface area contributed by atoms with Gasteiger partial charge in [0.25, 0.3) is 0 Å². The van der Waals surface area contributed by atoms with Gasteiger partial charge in [0, 0.05) is 11.8 Å². The highest BCUT2D eigenvalue weighted by atomic mass is 16.5. The Hall–Kier alpha value is -3.41. The van der Waals surface area contributed by atoms with Gasteiger partial charge in [-0.3, -0.25) is 4.79 Å². The summed E-state index contributed by atoms with van der Waals surface area (Å²) in [6.07, 6.45) is 0.315. The quantitative estimate of drug-likeness (QED) is 0.537. The maximum absolute atomic E-state index is 11.4. The number of carbonyl (C=O) groups excluding carboxylic acids is 1. The van der Waals surface area contributed by atoms with Crippen molar-refractivity contribution in [2.75, 3.05) is 0 Å². The first-order valence-electron chi connectivity index (χ1n) is 8.11. The SMILES string of the molecule is CCC(=O)Oc1ccc2nc(COc3cccc(C(=O)O)c3)ccc2c1. The summed E-state index contributed by atoms with van der Waals surface area (Å²) in [6.45, 7) is 1.95. The van der Waals surface area contributed by atoms with E-state index in [0.29, 0.717) is 23.6 Å². The smallest absolute Gasteiger partial charge is 0.335 e. The Morgan fingerprint density at radius 2 is 1.88 bits per heavy atom. The van der Waals surface area contributed by atoms with Crippen LogP contribution in [0.25, 0.3) is 10.9 Å². The molecule has 0 saturated carbocycles. The third-order valence-electron chi connectivity index (χ3n) is 3.71. The number of hydrogen-bond donors (Lipinski definition) is 1. The topological polar surface area (TPSA) is 85.7 Å². The third-order valence-corrected chi connectivity index (χ3v) is 3.71.